The van der Waals surface area contributed by atoms with Crippen LogP contribution in [-0.4, -0.2) is 28.4 Å². The number of aromatic nitrogens is 1. The molecular weight excluding hydrogens is 316 g/mol. The lowest BCUT2D eigenvalue weighted by Gasteiger charge is -2.12. The Balaban J connectivity index is 2.00. The van der Waals surface area contributed by atoms with E-state index in [9.17, 15) is 9.59 Å². The number of hydrogen-bond acceptors (Lipinski definition) is 3. The number of pyridine rings is 1. The number of rotatable bonds is 3. The van der Waals surface area contributed by atoms with Crippen molar-refractivity contribution in [3.8, 4) is 0 Å². The molecule has 0 radical (unpaired) electrons. The zero-order chi connectivity index (χ0) is 13.1. The van der Waals surface area contributed by atoms with Crippen molar-refractivity contribution >= 4 is 33.6 Å². The molecule has 1 saturated carbocycles. The van der Waals surface area contributed by atoms with E-state index in [1.54, 1.807) is 6.07 Å². The van der Waals surface area contributed by atoms with Crippen LogP contribution < -0.4 is 10.9 Å². The van der Waals surface area contributed by atoms with Gasteiger partial charge in [-0.05, 0) is 47.5 Å². The van der Waals surface area contributed by atoms with Crippen molar-refractivity contribution in [3.05, 3.63) is 32.7 Å². The maximum atomic E-state index is 12.0. The number of amides is 1. The molecule has 2 N–H and O–H groups in total. The van der Waals surface area contributed by atoms with Gasteiger partial charge in [-0.3, -0.25) is 9.59 Å². The Bertz CT molecular complexity index is 503. The van der Waals surface area contributed by atoms with Crippen LogP contribution in [0.15, 0.2) is 21.5 Å². The summed E-state index contributed by atoms with van der Waals surface area (Å²) >= 11 is 4.98. The molecular formula is C12H15BrN2O2S. The first-order chi connectivity index (χ1) is 8.60. The van der Waals surface area contributed by atoms with Gasteiger partial charge in [0.15, 0.2) is 0 Å². The zero-order valence-electron chi connectivity index (χ0n) is 10.0. The molecule has 0 aromatic carbocycles. The third kappa shape index (κ3) is 3.17. The predicted molar refractivity (Wildman–Crippen MR) is 77.2 cm³/mol. The molecule has 2 atom stereocenters. The minimum Gasteiger partial charge on any atom is -0.349 e. The number of halogens is 1. The highest BCUT2D eigenvalue weighted by molar-refractivity contribution is 9.10. The number of carbonyl (C=O) groups excluding carboxylic acids is 1. The van der Waals surface area contributed by atoms with Crippen molar-refractivity contribution in [2.24, 2.45) is 0 Å². The van der Waals surface area contributed by atoms with E-state index >= 15 is 0 Å². The minimum atomic E-state index is -0.227. The monoisotopic (exact) mass is 330 g/mol. The highest BCUT2D eigenvalue weighted by Gasteiger charge is 2.25. The van der Waals surface area contributed by atoms with Crippen LogP contribution in [-0.2, 0) is 0 Å². The van der Waals surface area contributed by atoms with Gasteiger partial charge in [0.05, 0.1) is 10.0 Å². The fourth-order valence-electron chi connectivity index (χ4n) is 2.14. The molecule has 0 unspecified atom stereocenters. The Morgan fingerprint density at radius 1 is 1.56 bits per heavy atom. The molecule has 0 saturated heterocycles. The number of hydrogen-bond donors (Lipinski definition) is 2. The smallest absolute Gasteiger partial charge is 0.262 e. The summed E-state index contributed by atoms with van der Waals surface area (Å²) in [6, 6.07) is 1.80. The SMILES string of the molecule is CS[C@H]1CC[C@H](NC(=O)c2c[nH]c(=O)c(Br)c2)C1. The van der Waals surface area contributed by atoms with Crippen LogP contribution in [0.5, 0.6) is 0 Å². The molecule has 2 rings (SSSR count). The number of aromatic amines is 1. The second kappa shape index (κ2) is 5.93. The van der Waals surface area contributed by atoms with E-state index < -0.39 is 0 Å². The molecule has 4 nitrogen and oxygen atoms in total. The Labute approximate surface area is 118 Å². The lowest BCUT2D eigenvalue weighted by Crippen LogP contribution is -2.33. The molecule has 0 aliphatic heterocycles. The van der Waals surface area contributed by atoms with E-state index in [0.29, 0.717) is 15.3 Å². The quantitative estimate of drug-likeness (QED) is 0.892. The van der Waals surface area contributed by atoms with Gasteiger partial charge < -0.3 is 10.3 Å². The second-order valence-electron chi connectivity index (χ2n) is 4.41. The Hall–Kier alpha value is -0.750. The normalized spacial score (nSPS) is 23.0. The summed E-state index contributed by atoms with van der Waals surface area (Å²) in [4.78, 5) is 25.7. The van der Waals surface area contributed by atoms with Crippen molar-refractivity contribution in [2.45, 2.75) is 30.6 Å². The van der Waals surface area contributed by atoms with Gasteiger partial charge in [-0.1, -0.05) is 0 Å². The maximum absolute atomic E-state index is 12.0. The maximum Gasteiger partial charge on any atom is 0.262 e. The lowest BCUT2D eigenvalue weighted by molar-refractivity contribution is 0.0937. The Morgan fingerprint density at radius 3 is 2.94 bits per heavy atom. The minimum absolute atomic E-state index is 0.126. The second-order valence-corrected chi connectivity index (χ2v) is 6.40. The molecule has 1 aliphatic rings. The van der Waals surface area contributed by atoms with Gasteiger partial charge in [0.1, 0.15) is 0 Å². The van der Waals surface area contributed by atoms with E-state index in [1.807, 2.05) is 11.8 Å². The fourth-order valence-corrected chi connectivity index (χ4v) is 3.30. The molecule has 1 heterocycles. The summed E-state index contributed by atoms with van der Waals surface area (Å²) in [6.07, 6.45) is 6.76. The third-order valence-corrected chi connectivity index (χ3v) is 4.86. The molecule has 1 amide bonds. The highest BCUT2D eigenvalue weighted by Crippen LogP contribution is 2.28. The van der Waals surface area contributed by atoms with Crippen molar-refractivity contribution in [3.63, 3.8) is 0 Å². The van der Waals surface area contributed by atoms with Crippen LogP contribution in [0, 0.1) is 0 Å². The highest BCUT2D eigenvalue weighted by atomic mass is 79.9. The van der Waals surface area contributed by atoms with Crippen LogP contribution in [0.25, 0.3) is 0 Å². The first kappa shape index (κ1) is 13.7. The number of thioether (sulfide) groups is 1. The molecule has 18 heavy (non-hydrogen) atoms. The van der Waals surface area contributed by atoms with Crippen LogP contribution in [0.1, 0.15) is 29.6 Å². The summed E-state index contributed by atoms with van der Waals surface area (Å²) in [5, 5.41) is 3.66. The number of nitrogens with one attached hydrogen (secondary N) is 2. The van der Waals surface area contributed by atoms with Crippen LogP contribution in [0.2, 0.25) is 0 Å². The molecule has 6 heteroatoms. The molecule has 1 aromatic heterocycles. The van der Waals surface area contributed by atoms with Gasteiger partial charge in [-0.2, -0.15) is 11.8 Å². The average molecular weight is 331 g/mol. The first-order valence-electron chi connectivity index (χ1n) is 5.82. The largest absolute Gasteiger partial charge is 0.349 e. The number of H-pyrrole nitrogens is 1. The van der Waals surface area contributed by atoms with Gasteiger partial charge in [0.25, 0.3) is 11.5 Å². The van der Waals surface area contributed by atoms with E-state index in [2.05, 4.69) is 32.5 Å². The van der Waals surface area contributed by atoms with E-state index in [0.717, 1.165) is 19.3 Å². The first-order valence-corrected chi connectivity index (χ1v) is 7.90. The summed E-state index contributed by atoms with van der Waals surface area (Å²) in [5.74, 6) is -0.126. The summed E-state index contributed by atoms with van der Waals surface area (Å²) in [7, 11) is 0. The average Bonchev–Trinajstić information content (AvgIpc) is 2.80. The van der Waals surface area contributed by atoms with E-state index in [-0.39, 0.29) is 17.5 Å². The van der Waals surface area contributed by atoms with Crippen molar-refractivity contribution in [2.75, 3.05) is 6.26 Å². The van der Waals surface area contributed by atoms with Gasteiger partial charge in [0, 0.05) is 17.5 Å². The molecule has 0 bridgehead atoms. The molecule has 1 fully saturated rings. The molecule has 0 spiro atoms. The Morgan fingerprint density at radius 2 is 2.33 bits per heavy atom. The summed E-state index contributed by atoms with van der Waals surface area (Å²) in [5.41, 5.74) is 0.254. The van der Waals surface area contributed by atoms with E-state index in [4.69, 9.17) is 0 Å². The zero-order valence-corrected chi connectivity index (χ0v) is 12.4. The molecule has 1 aromatic rings. The predicted octanol–water partition coefficient (Wildman–Crippen LogP) is 2.15. The standard InChI is InChI=1S/C12H15BrN2O2S/c1-18-9-3-2-8(5-9)15-11(16)7-4-10(13)12(17)14-6-7/h4,6,8-9H,2-3,5H2,1H3,(H,14,17)(H,15,16)/t8-,9-/m0/s1. The van der Waals surface area contributed by atoms with Gasteiger partial charge in [-0.25, -0.2) is 0 Å². The summed E-state index contributed by atoms with van der Waals surface area (Å²) < 4.78 is 0.378. The third-order valence-electron chi connectivity index (χ3n) is 3.17. The molecule has 98 valence electrons. The van der Waals surface area contributed by atoms with Gasteiger partial charge in [-0.15, -0.1) is 0 Å². The summed E-state index contributed by atoms with van der Waals surface area (Å²) in [6.45, 7) is 0. The van der Waals surface area contributed by atoms with Gasteiger partial charge >= 0.3 is 0 Å². The van der Waals surface area contributed by atoms with Crippen molar-refractivity contribution < 1.29 is 4.79 Å². The molecule has 1 aliphatic carbocycles. The van der Waals surface area contributed by atoms with Crippen LogP contribution >= 0.6 is 27.7 Å². The van der Waals surface area contributed by atoms with E-state index in [1.165, 1.54) is 6.20 Å². The van der Waals surface area contributed by atoms with Crippen LogP contribution in [0.4, 0.5) is 0 Å². The van der Waals surface area contributed by atoms with Crippen molar-refractivity contribution in [1.29, 1.82) is 0 Å². The number of carbonyl (C=O) groups is 1. The van der Waals surface area contributed by atoms with Crippen LogP contribution in [0.3, 0.4) is 0 Å². The van der Waals surface area contributed by atoms with Crippen molar-refractivity contribution in [1.82, 2.24) is 10.3 Å². The van der Waals surface area contributed by atoms with Gasteiger partial charge in [0.2, 0.25) is 0 Å². The lowest BCUT2D eigenvalue weighted by atomic mass is 10.2. The fraction of sp³-hybridized carbons (Fsp3) is 0.500. The Kier molecular flexibility index (Phi) is 4.50. The topological polar surface area (TPSA) is 62.0 Å².